The molecule has 1 N–H and O–H groups in total. The molecule has 0 aliphatic heterocycles. The van der Waals surface area contributed by atoms with Gasteiger partial charge < -0.3 is 9.67 Å². The number of thioether (sulfide) groups is 1. The van der Waals surface area contributed by atoms with Crippen molar-refractivity contribution in [3.05, 3.63) is 22.7 Å². The molecule has 1 aromatic carbocycles. The van der Waals surface area contributed by atoms with E-state index in [0.717, 1.165) is 33.5 Å². The molecular formula is C15H17BrN2O2S. The maximum atomic E-state index is 10.9. The first-order valence-electron chi connectivity index (χ1n) is 7.03. The maximum Gasteiger partial charge on any atom is 0.313 e. The van der Waals surface area contributed by atoms with Gasteiger partial charge in [0.15, 0.2) is 5.16 Å². The summed E-state index contributed by atoms with van der Waals surface area (Å²) in [6.07, 6.45) is 4.66. The largest absolute Gasteiger partial charge is 0.481 e. The number of imidazole rings is 1. The van der Waals surface area contributed by atoms with Crippen molar-refractivity contribution in [2.75, 3.05) is 5.75 Å². The fourth-order valence-corrected chi connectivity index (χ4v) is 4.34. The number of aromatic nitrogens is 2. The second kappa shape index (κ2) is 5.65. The predicted octanol–water partition coefficient (Wildman–Crippen LogP) is 4.26. The Labute approximate surface area is 136 Å². The SMILES string of the molecule is CC1(n2c(SCC(=O)O)nc3ccc(Br)cc32)CCCC1. The fraction of sp³-hybridized carbons (Fsp3) is 0.467. The van der Waals surface area contributed by atoms with Crippen LogP contribution in [0.2, 0.25) is 0 Å². The molecule has 4 nitrogen and oxygen atoms in total. The van der Waals surface area contributed by atoms with Gasteiger partial charge in [0.05, 0.1) is 16.8 Å². The van der Waals surface area contributed by atoms with Crippen molar-refractivity contribution in [1.29, 1.82) is 0 Å². The minimum Gasteiger partial charge on any atom is -0.481 e. The number of rotatable bonds is 4. The van der Waals surface area contributed by atoms with Gasteiger partial charge in [-0.2, -0.15) is 0 Å². The van der Waals surface area contributed by atoms with Crippen LogP contribution in [0.1, 0.15) is 32.6 Å². The molecular weight excluding hydrogens is 352 g/mol. The smallest absolute Gasteiger partial charge is 0.313 e. The van der Waals surface area contributed by atoms with Crippen molar-refractivity contribution in [3.63, 3.8) is 0 Å². The van der Waals surface area contributed by atoms with E-state index in [1.807, 2.05) is 12.1 Å². The third-order valence-corrected chi connectivity index (χ3v) is 5.55. The minimum atomic E-state index is -0.809. The lowest BCUT2D eigenvalue weighted by Gasteiger charge is -2.28. The molecule has 0 amide bonds. The van der Waals surface area contributed by atoms with Gasteiger partial charge in [0, 0.05) is 10.0 Å². The lowest BCUT2D eigenvalue weighted by Crippen LogP contribution is -2.27. The average Bonchev–Trinajstić information content (AvgIpc) is 3.00. The second-order valence-electron chi connectivity index (χ2n) is 5.75. The lowest BCUT2D eigenvalue weighted by molar-refractivity contribution is -0.133. The Morgan fingerprint density at radius 2 is 2.19 bits per heavy atom. The number of fused-ring (bicyclic) bond motifs is 1. The standard InChI is InChI=1S/C15H17BrN2O2S/c1-15(6-2-3-7-15)18-12-8-10(16)4-5-11(12)17-14(18)21-9-13(19)20/h4-5,8H,2-3,6-7,9H2,1H3,(H,19,20). The van der Waals surface area contributed by atoms with E-state index in [1.165, 1.54) is 24.6 Å². The zero-order valence-corrected chi connectivity index (χ0v) is 14.2. The van der Waals surface area contributed by atoms with E-state index in [4.69, 9.17) is 5.11 Å². The Balaban J connectivity index is 2.14. The molecule has 1 aliphatic rings. The van der Waals surface area contributed by atoms with Gasteiger partial charge in [-0.05, 0) is 38.0 Å². The van der Waals surface area contributed by atoms with Gasteiger partial charge in [-0.3, -0.25) is 4.79 Å². The van der Waals surface area contributed by atoms with Crippen molar-refractivity contribution >= 4 is 44.7 Å². The normalized spacial score (nSPS) is 17.4. The fourth-order valence-electron chi connectivity index (χ4n) is 3.13. The summed E-state index contributed by atoms with van der Waals surface area (Å²) in [6, 6.07) is 6.04. The van der Waals surface area contributed by atoms with Crippen LogP contribution in [0, 0.1) is 0 Å². The van der Waals surface area contributed by atoms with Gasteiger partial charge >= 0.3 is 5.97 Å². The molecule has 0 atom stereocenters. The van der Waals surface area contributed by atoms with Crippen LogP contribution in [0.25, 0.3) is 11.0 Å². The first-order chi connectivity index (χ1) is 9.99. The Hall–Kier alpha value is -1.01. The van der Waals surface area contributed by atoms with E-state index in [1.54, 1.807) is 0 Å². The third-order valence-electron chi connectivity index (χ3n) is 4.13. The molecule has 1 aliphatic carbocycles. The highest BCUT2D eigenvalue weighted by Gasteiger charge is 2.34. The molecule has 1 aromatic heterocycles. The molecule has 3 rings (SSSR count). The van der Waals surface area contributed by atoms with E-state index in [-0.39, 0.29) is 11.3 Å². The Morgan fingerprint density at radius 1 is 1.48 bits per heavy atom. The summed E-state index contributed by atoms with van der Waals surface area (Å²) in [6.45, 7) is 2.26. The van der Waals surface area contributed by atoms with Crippen molar-refractivity contribution in [2.24, 2.45) is 0 Å². The van der Waals surface area contributed by atoms with Crippen LogP contribution in [-0.2, 0) is 10.3 Å². The van der Waals surface area contributed by atoms with Gasteiger partial charge in [0.2, 0.25) is 0 Å². The van der Waals surface area contributed by atoms with E-state index >= 15 is 0 Å². The van der Waals surface area contributed by atoms with Gasteiger partial charge in [0.1, 0.15) is 0 Å². The summed E-state index contributed by atoms with van der Waals surface area (Å²) in [4.78, 5) is 15.5. The first-order valence-corrected chi connectivity index (χ1v) is 8.80. The first kappa shape index (κ1) is 14.9. The molecule has 0 spiro atoms. The Morgan fingerprint density at radius 3 is 2.86 bits per heavy atom. The highest BCUT2D eigenvalue weighted by molar-refractivity contribution is 9.10. The maximum absolute atomic E-state index is 10.9. The number of halogens is 1. The summed E-state index contributed by atoms with van der Waals surface area (Å²) in [5.41, 5.74) is 2.05. The van der Waals surface area contributed by atoms with Gasteiger partial charge in [-0.15, -0.1) is 0 Å². The number of nitrogens with zero attached hydrogens (tertiary/aromatic N) is 2. The number of carboxylic acids is 1. The van der Waals surface area contributed by atoms with Crippen LogP contribution in [-0.4, -0.2) is 26.4 Å². The van der Waals surface area contributed by atoms with Crippen LogP contribution >= 0.6 is 27.7 Å². The molecule has 112 valence electrons. The van der Waals surface area contributed by atoms with E-state index in [2.05, 4.69) is 38.5 Å². The quantitative estimate of drug-likeness (QED) is 0.818. The number of aliphatic carboxylic acids is 1. The molecule has 1 saturated carbocycles. The summed E-state index contributed by atoms with van der Waals surface area (Å²) in [7, 11) is 0. The topological polar surface area (TPSA) is 55.1 Å². The molecule has 6 heteroatoms. The highest BCUT2D eigenvalue weighted by Crippen LogP contribution is 2.41. The summed E-state index contributed by atoms with van der Waals surface area (Å²) >= 11 is 4.83. The third kappa shape index (κ3) is 2.83. The lowest BCUT2D eigenvalue weighted by atomic mass is 10.0. The Bertz CT molecular complexity index is 692. The predicted molar refractivity (Wildman–Crippen MR) is 87.9 cm³/mol. The highest BCUT2D eigenvalue weighted by atomic mass is 79.9. The van der Waals surface area contributed by atoms with Crippen LogP contribution < -0.4 is 0 Å². The minimum absolute atomic E-state index is 0.0381. The molecule has 1 fully saturated rings. The van der Waals surface area contributed by atoms with E-state index in [0.29, 0.717) is 0 Å². The molecule has 2 aromatic rings. The van der Waals surface area contributed by atoms with Crippen LogP contribution in [0.15, 0.2) is 27.8 Å². The van der Waals surface area contributed by atoms with Crippen molar-refractivity contribution in [1.82, 2.24) is 9.55 Å². The van der Waals surface area contributed by atoms with E-state index in [9.17, 15) is 4.79 Å². The zero-order chi connectivity index (χ0) is 15.0. The summed E-state index contributed by atoms with van der Waals surface area (Å²) in [5, 5.41) is 9.76. The van der Waals surface area contributed by atoms with Crippen LogP contribution in [0.5, 0.6) is 0 Å². The summed E-state index contributed by atoms with van der Waals surface area (Å²) < 4.78 is 3.28. The summed E-state index contributed by atoms with van der Waals surface area (Å²) in [5.74, 6) is -0.767. The molecule has 0 unspecified atom stereocenters. The van der Waals surface area contributed by atoms with E-state index < -0.39 is 5.97 Å². The van der Waals surface area contributed by atoms with Gasteiger partial charge in [-0.1, -0.05) is 40.5 Å². The van der Waals surface area contributed by atoms with Gasteiger partial charge in [0.25, 0.3) is 0 Å². The number of carboxylic acid groups (broad SMARTS) is 1. The Kier molecular flexibility index (Phi) is 4.01. The average molecular weight is 369 g/mol. The number of hydrogen-bond donors (Lipinski definition) is 1. The molecule has 21 heavy (non-hydrogen) atoms. The molecule has 0 radical (unpaired) electrons. The number of benzene rings is 1. The second-order valence-corrected chi connectivity index (χ2v) is 7.61. The van der Waals surface area contributed by atoms with Gasteiger partial charge in [-0.25, -0.2) is 4.98 Å². The van der Waals surface area contributed by atoms with Crippen LogP contribution in [0.4, 0.5) is 0 Å². The monoisotopic (exact) mass is 368 g/mol. The van der Waals surface area contributed by atoms with Crippen molar-refractivity contribution in [3.8, 4) is 0 Å². The van der Waals surface area contributed by atoms with Crippen molar-refractivity contribution in [2.45, 2.75) is 43.3 Å². The van der Waals surface area contributed by atoms with Crippen molar-refractivity contribution < 1.29 is 9.90 Å². The van der Waals surface area contributed by atoms with Crippen LogP contribution in [0.3, 0.4) is 0 Å². The number of hydrogen-bond acceptors (Lipinski definition) is 3. The molecule has 0 bridgehead atoms. The molecule has 0 saturated heterocycles. The zero-order valence-electron chi connectivity index (χ0n) is 11.8. The molecule has 1 heterocycles. The number of carbonyl (C=O) groups is 1.